The summed E-state index contributed by atoms with van der Waals surface area (Å²) in [6.07, 6.45) is 2.28. The first-order chi connectivity index (χ1) is 14.1. The second-order valence-corrected chi connectivity index (χ2v) is 7.03. The van der Waals surface area contributed by atoms with Gasteiger partial charge in [-0.2, -0.15) is 0 Å². The van der Waals surface area contributed by atoms with Gasteiger partial charge >= 0.3 is 6.09 Å². The number of hydrogen-bond donors (Lipinski definition) is 0. The smallest absolute Gasteiger partial charge is 0.409 e. The third-order valence-electron chi connectivity index (χ3n) is 5.08. The highest BCUT2D eigenvalue weighted by atomic mass is 16.6. The average molecular weight is 389 g/mol. The van der Waals surface area contributed by atoms with E-state index in [-0.39, 0.29) is 12.1 Å². The minimum absolute atomic E-state index is 0.0814. The first kappa shape index (κ1) is 18.8. The fourth-order valence-corrected chi connectivity index (χ4v) is 3.25. The lowest BCUT2D eigenvalue weighted by atomic mass is 10.1. The highest BCUT2D eigenvalue weighted by Crippen LogP contribution is 2.27. The van der Waals surface area contributed by atoms with Gasteiger partial charge in [0, 0.05) is 26.0 Å². The Hall–Kier alpha value is -3.54. The monoisotopic (exact) mass is 389 g/mol. The van der Waals surface area contributed by atoms with Gasteiger partial charge in [0.05, 0.1) is 6.04 Å². The lowest BCUT2D eigenvalue weighted by Crippen LogP contribution is -2.30. The number of cyclic esters (lactones) is 1. The largest absolute Gasteiger partial charge is 0.457 e. The number of anilines is 2. The first-order valence-electron chi connectivity index (χ1n) is 9.51. The second-order valence-electron chi connectivity index (χ2n) is 7.03. The molecule has 0 aliphatic carbocycles. The van der Waals surface area contributed by atoms with Crippen LogP contribution in [0.5, 0.6) is 11.5 Å². The zero-order valence-electron chi connectivity index (χ0n) is 16.5. The SMILES string of the molecule is CN(c1ccc(Oc2ccc(C[C@H]3COC(=O)N3C)cc2)cc1)c1ccccn1. The Morgan fingerprint density at radius 1 is 1.07 bits per heavy atom. The molecule has 1 amide bonds. The molecule has 1 aromatic heterocycles. The van der Waals surface area contributed by atoms with Crippen LogP contribution in [0.4, 0.5) is 16.3 Å². The molecule has 0 unspecified atom stereocenters. The number of nitrogens with zero attached hydrogens (tertiary/aromatic N) is 3. The van der Waals surface area contributed by atoms with E-state index >= 15 is 0 Å². The summed E-state index contributed by atoms with van der Waals surface area (Å²) < 4.78 is 11.0. The van der Waals surface area contributed by atoms with E-state index in [1.54, 1.807) is 18.1 Å². The van der Waals surface area contributed by atoms with Gasteiger partial charge in [-0.05, 0) is 60.5 Å². The summed E-state index contributed by atoms with van der Waals surface area (Å²) in [6.45, 7) is 0.437. The molecule has 1 aliphatic heterocycles. The molecule has 2 heterocycles. The number of benzene rings is 2. The van der Waals surface area contributed by atoms with E-state index < -0.39 is 0 Å². The Labute approximate surface area is 170 Å². The zero-order valence-corrected chi connectivity index (χ0v) is 16.5. The Bertz CT molecular complexity index is 959. The normalized spacial score (nSPS) is 15.9. The van der Waals surface area contributed by atoms with Crippen LogP contribution in [0.1, 0.15) is 5.56 Å². The van der Waals surface area contributed by atoms with Gasteiger partial charge in [0.25, 0.3) is 0 Å². The summed E-state index contributed by atoms with van der Waals surface area (Å²) in [6, 6.07) is 21.8. The van der Waals surface area contributed by atoms with Crippen molar-refractivity contribution in [2.75, 3.05) is 25.6 Å². The van der Waals surface area contributed by atoms with Gasteiger partial charge in [0.2, 0.25) is 0 Å². The molecule has 0 radical (unpaired) electrons. The lowest BCUT2D eigenvalue weighted by molar-refractivity contribution is 0.163. The summed E-state index contributed by atoms with van der Waals surface area (Å²) in [5, 5.41) is 0. The third kappa shape index (κ3) is 4.32. The zero-order chi connectivity index (χ0) is 20.2. The van der Waals surface area contributed by atoms with Crippen molar-refractivity contribution in [1.29, 1.82) is 0 Å². The van der Waals surface area contributed by atoms with Gasteiger partial charge in [0.15, 0.2) is 0 Å². The van der Waals surface area contributed by atoms with Crippen molar-refractivity contribution in [2.45, 2.75) is 12.5 Å². The van der Waals surface area contributed by atoms with Crippen LogP contribution in [0.3, 0.4) is 0 Å². The molecule has 1 atom stereocenters. The van der Waals surface area contributed by atoms with Crippen molar-refractivity contribution in [2.24, 2.45) is 0 Å². The maximum atomic E-state index is 11.5. The van der Waals surface area contributed by atoms with Gasteiger partial charge in [-0.1, -0.05) is 18.2 Å². The Kier molecular flexibility index (Phi) is 5.33. The Morgan fingerprint density at radius 3 is 2.34 bits per heavy atom. The summed E-state index contributed by atoms with van der Waals surface area (Å²) in [7, 11) is 3.75. The van der Waals surface area contributed by atoms with Gasteiger partial charge < -0.3 is 19.3 Å². The number of carbonyl (C=O) groups excluding carboxylic acids is 1. The Balaban J connectivity index is 1.37. The molecule has 6 nitrogen and oxygen atoms in total. The van der Waals surface area contributed by atoms with E-state index in [4.69, 9.17) is 9.47 Å². The molecule has 0 bridgehead atoms. The molecule has 148 valence electrons. The second kappa shape index (κ2) is 8.22. The lowest BCUT2D eigenvalue weighted by Gasteiger charge is -2.18. The molecule has 1 aliphatic rings. The first-order valence-corrected chi connectivity index (χ1v) is 9.51. The van der Waals surface area contributed by atoms with Crippen LogP contribution in [0.2, 0.25) is 0 Å². The molecule has 1 fully saturated rings. The molecule has 2 aromatic carbocycles. The van der Waals surface area contributed by atoms with Crippen molar-refractivity contribution >= 4 is 17.6 Å². The van der Waals surface area contributed by atoms with Crippen LogP contribution < -0.4 is 9.64 Å². The van der Waals surface area contributed by atoms with Crippen LogP contribution in [-0.2, 0) is 11.2 Å². The topological polar surface area (TPSA) is 54.9 Å². The maximum absolute atomic E-state index is 11.5. The number of pyridine rings is 1. The fourth-order valence-electron chi connectivity index (χ4n) is 3.25. The highest BCUT2D eigenvalue weighted by Gasteiger charge is 2.29. The van der Waals surface area contributed by atoms with Crippen LogP contribution in [0.15, 0.2) is 72.9 Å². The van der Waals surface area contributed by atoms with E-state index in [0.717, 1.165) is 35.0 Å². The van der Waals surface area contributed by atoms with Gasteiger partial charge in [-0.25, -0.2) is 9.78 Å². The number of likely N-dealkylation sites (N-methyl/N-ethyl adjacent to an activating group) is 1. The van der Waals surface area contributed by atoms with Gasteiger partial charge in [0.1, 0.15) is 23.9 Å². The molecule has 6 heteroatoms. The number of rotatable bonds is 6. The molecular weight excluding hydrogens is 366 g/mol. The summed E-state index contributed by atoms with van der Waals surface area (Å²) in [4.78, 5) is 19.5. The summed E-state index contributed by atoms with van der Waals surface area (Å²) in [5.74, 6) is 2.42. The number of aromatic nitrogens is 1. The molecular formula is C23H23N3O3. The number of amides is 1. The summed E-state index contributed by atoms with van der Waals surface area (Å²) in [5.41, 5.74) is 2.17. The van der Waals surface area contributed by atoms with Gasteiger partial charge in [-0.15, -0.1) is 0 Å². The Morgan fingerprint density at radius 2 is 1.76 bits per heavy atom. The predicted octanol–water partition coefficient (Wildman–Crippen LogP) is 4.63. The predicted molar refractivity (Wildman–Crippen MR) is 112 cm³/mol. The standard InChI is InChI=1S/C23H23N3O3/c1-25(22-5-3-4-14-24-22)18-8-12-21(13-9-18)29-20-10-6-17(7-11-20)15-19-16-28-23(27)26(19)2/h3-14,19H,15-16H2,1-2H3/t19-/m0/s1. The molecule has 0 saturated carbocycles. The van der Waals surface area contributed by atoms with E-state index in [1.807, 2.05) is 78.7 Å². The van der Waals surface area contributed by atoms with Crippen LogP contribution in [0, 0.1) is 0 Å². The molecule has 0 N–H and O–H groups in total. The van der Waals surface area contributed by atoms with Crippen molar-refractivity contribution in [3.63, 3.8) is 0 Å². The van der Waals surface area contributed by atoms with Crippen LogP contribution in [0.25, 0.3) is 0 Å². The maximum Gasteiger partial charge on any atom is 0.409 e. The number of carbonyl (C=O) groups is 1. The molecule has 0 spiro atoms. The minimum Gasteiger partial charge on any atom is -0.457 e. The van der Waals surface area contributed by atoms with Crippen molar-refractivity contribution in [3.8, 4) is 11.5 Å². The minimum atomic E-state index is -0.257. The fraction of sp³-hybridized carbons (Fsp3) is 0.217. The van der Waals surface area contributed by atoms with E-state index in [9.17, 15) is 4.79 Å². The molecule has 4 rings (SSSR count). The average Bonchev–Trinajstić information content (AvgIpc) is 3.08. The van der Waals surface area contributed by atoms with E-state index in [0.29, 0.717) is 6.61 Å². The molecule has 1 saturated heterocycles. The van der Waals surface area contributed by atoms with E-state index in [2.05, 4.69) is 4.98 Å². The van der Waals surface area contributed by atoms with E-state index in [1.165, 1.54) is 0 Å². The number of hydrogen-bond acceptors (Lipinski definition) is 5. The van der Waals surface area contributed by atoms with Crippen molar-refractivity contribution < 1.29 is 14.3 Å². The summed E-state index contributed by atoms with van der Waals surface area (Å²) >= 11 is 0. The molecule has 3 aromatic rings. The van der Waals surface area contributed by atoms with Crippen molar-refractivity contribution in [1.82, 2.24) is 9.88 Å². The van der Waals surface area contributed by atoms with Crippen LogP contribution >= 0.6 is 0 Å². The van der Waals surface area contributed by atoms with Crippen molar-refractivity contribution in [3.05, 3.63) is 78.5 Å². The highest BCUT2D eigenvalue weighted by molar-refractivity contribution is 5.69. The number of ether oxygens (including phenoxy) is 2. The van der Waals surface area contributed by atoms with Crippen LogP contribution in [-0.4, -0.2) is 42.7 Å². The quantitative estimate of drug-likeness (QED) is 0.615. The van der Waals surface area contributed by atoms with Gasteiger partial charge in [-0.3, -0.25) is 0 Å². The third-order valence-corrected chi connectivity index (χ3v) is 5.08. The molecule has 29 heavy (non-hydrogen) atoms.